The normalized spacial score (nSPS) is 12.8. The maximum absolute atomic E-state index is 13.3. The summed E-state index contributed by atoms with van der Waals surface area (Å²) < 4.78 is 13.3. The summed E-state index contributed by atoms with van der Waals surface area (Å²) in [4.78, 5) is 0. The molecular formula is C12H18FNO. The van der Waals surface area contributed by atoms with Crippen LogP contribution in [0.25, 0.3) is 0 Å². The molecule has 0 aliphatic heterocycles. The molecule has 3 heteroatoms. The summed E-state index contributed by atoms with van der Waals surface area (Å²) in [6.07, 6.45) is 0.236. The van der Waals surface area contributed by atoms with Crippen molar-refractivity contribution in [1.82, 2.24) is 5.32 Å². The van der Waals surface area contributed by atoms with Gasteiger partial charge in [0, 0.05) is 12.1 Å². The summed E-state index contributed by atoms with van der Waals surface area (Å²) in [5.74, 6) is -0.341. The second-order valence-electron chi connectivity index (χ2n) is 3.74. The lowest BCUT2D eigenvalue weighted by Crippen LogP contribution is -2.22. The van der Waals surface area contributed by atoms with Crippen molar-refractivity contribution in [2.75, 3.05) is 13.1 Å². The highest BCUT2D eigenvalue weighted by Crippen LogP contribution is 2.17. The molecule has 1 rings (SSSR count). The first-order chi connectivity index (χ1) is 7.15. The Kier molecular flexibility index (Phi) is 4.72. The molecule has 0 bridgehead atoms. The summed E-state index contributed by atoms with van der Waals surface area (Å²) in [6, 6.07) is 4.78. The summed E-state index contributed by atoms with van der Waals surface area (Å²) in [5, 5.41) is 12.8. The van der Waals surface area contributed by atoms with E-state index in [1.165, 1.54) is 6.07 Å². The van der Waals surface area contributed by atoms with Crippen LogP contribution in [-0.4, -0.2) is 18.2 Å². The Bertz CT molecular complexity index is 314. The topological polar surface area (TPSA) is 32.3 Å². The molecule has 84 valence electrons. The molecule has 1 aromatic rings. The zero-order valence-electron chi connectivity index (χ0n) is 9.26. The van der Waals surface area contributed by atoms with Gasteiger partial charge in [-0.05, 0) is 26.0 Å². The van der Waals surface area contributed by atoms with Crippen LogP contribution in [0.5, 0.6) is 0 Å². The van der Waals surface area contributed by atoms with E-state index in [0.717, 1.165) is 18.5 Å². The average Bonchev–Trinajstić information content (AvgIpc) is 2.22. The van der Waals surface area contributed by atoms with Crippen LogP contribution >= 0.6 is 0 Å². The number of hydrogen-bond acceptors (Lipinski definition) is 2. The fraction of sp³-hybridized carbons (Fsp3) is 0.500. The van der Waals surface area contributed by atoms with Crippen LogP contribution in [-0.2, 0) is 0 Å². The van der Waals surface area contributed by atoms with Crippen LogP contribution in [0.2, 0.25) is 0 Å². The lowest BCUT2D eigenvalue weighted by atomic mass is 10.1. The second kappa shape index (κ2) is 5.83. The predicted molar refractivity (Wildman–Crippen MR) is 59.3 cm³/mol. The second-order valence-corrected chi connectivity index (χ2v) is 3.74. The number of aliphatic hydroxyl groups excluding tert-OH is 1. The van der Waals surface area contributed by atoms with Gasteiger partial charge in [0.15, 0.2) is 0 Å². The molecule has 0 saturated carbocycles. The molecule has 1 aromatic carbocycles. The van der Waals surface area contributed by atoms with E-state index in [9.17, 15) is 9.50 Å². The van der Waals surface area contributed by atoms with Gasteiger partial charge in [0.05, 0.1) is 6.10 Å². The lowest BCUT2D eigenvalue weighted by Gasteiger charge is -2.13. The standard InChI is InChI=1S/C12H18FNO/c1-3-6-14-8-12(15)10-7-9(2)4-5-11(10)13/h4-5,7,12,14-15H,3,6,8H2,1-2H3. The first-order valence-electron chi connectivity index (χ1n) is 5.30. The summed E-state index contributed by atoms with van der Waals surface area (Å²) in [6.45, 7) is 5.17. The highest BCUT2D eigenvalue weighted by Gasteiger charge is 2.11. The van der Waals surface area contributed by atoms with Gasteiger partial charge in [-0.3, -0.25) is 0 Å². The number of halogens is 1. The lowest BCUT2D eigenvalue weighted by molar-refractivity contribution is 0.170. The molecule has 15 heavy (non-hydrogen) atoms. The third kappa shape index (κ3) is 3.61. The molecule has 2 nitrogen and oxygen atoms in total. The van der Waals surface area contributed by atoms with Crippen LogP contribution < -0.4 is 5.32 Å². The Morgan fingerprint density at radius 2 is 2.20 bits per heavy atom. The molecule has 0 fully saturated rings. The molecule has 0 heterocycles. The number of nitrogens with one attached hydrogen (secondary N) is 1. The molecule has 0 aliphatic carbocycles. The zero-order valence-corrected chi connectivity index (χ0v) is 9.26. The number of rotatable bonds is 5. The first-order valence-corrected chi connectivity index (χ1v) is 5.30. The molecule has 1 atom stereocenters. The SMILES string of the molecule is CCCNCC(O)c1cc(C)ccc1F. The van der Waals surface area contributed by atoms with E-state index < -0.39 is 6.10 Å². The number of benzene rings is 1. The van der Waals surface area contributed by atoms with Gasteiger partial charge in [0.2, 0.25) is 0 Å². The van der Waals surface area contributed by atoms with Gasteiger partial charge in [0.1, 0.15) is 5.82 Å². The van der Waals surface area contributed by atoms with E-state index in [0.29, 0.717) is 12.1 Å². The van der Waals surface area contributed by atoms with Crippen molar-refractivity contribution >= 4 is 0 Å². The van der Waals surface area contributed by atoms with Gasteiger partial charge in [-0.15, -0.1) is 0 Å². The maximum Gasteiger partial charge on any atom is 0.129 e. The van der Waals surface area contributed by atoms with E-state index in [1.807, 2.05) is 13.8 Å². The summed E-state index contributed by atoms with van der Waals surface area (Å²) >= 11 is 0. The van der Waals surface area contributed by atoms with Crippen LogP contribution in [0.15, 0.2) is 18.2 Å². The van der Waals surface area contributed by atoms with E-state index in [-0.39, 0.29) is 5.82 Å². The fourth-order valence-electron chi connectivity index (χ4n) is 1.44. The summed E-state index contributed by atoms with van der Waals surface area (Å²) in [5.41, 5.74) is 1.33. The van der Waals surface area contributed by atoms with Crippen molar-refractivity contribution in [3.63, 3.8) is 0 Å². The molecule has 2 N–H and O–H groups in total. The monoisotopic (exact) mass is 211 g/mol. The van der Waals surface area contributed by atoms with Crippen LogP contribution in [0.4, 0.5) is 4.39 Å². The fourth-order valence-corrected chi connectivity index (χ4v) is 1.44. The highest BCUT2D eigenvalue weighted by atomic mass is 19.1. The number of aryl methyl sites for hydroxylation is 1. The van der Waals surface area contributed by atoms with Crippen molar-refractivity contribution < 1.29 is 9.50 Å². The molecule has 1 unspecified atom stereocenters. The van der Waals surface area contributed by atoms with Gasteiger partial charge in [0.25, 0.3) is 0 Å². The van der Waals surface area contributed by atoms with Crippen LogP contribution in [0.3, 0.4) is 0 Å². The summed E-state index contributed by atoms with van der Waals surface area (Å²) in [7, 11) is 0. The molecule has 0 spiro atoms. The smallest absolute Gasteiger partial charge is 0.129 e. The van der Waals surface area contributed by atoms with E-state index in [4.69, 9.17) is 0 Å². The quantitative estimate of drug-likeness (QED) is 0.731. The minimum atomic E-state index is -0.767. The maximum atomic E-state index is 13.3. The molecule has 0 aromatic heterocycles. The van der Waals surface area contributed by atoms with E-state index in [1.54, 1.807) is 12.1 Å². The van der Waals surface area contributed by atoms with Crippen molar-refractivity contribution in [1.29, 1.82) is 0 Å². The largest absolute Gasteiger partial charge is 0.387 e. The van der Waals surface area contributed by atoms with Crippen molar-refractivity contribution in [2.45, 2.75) is 26.4 Å². The third-order valence-corrected chi connectivity index (χ3v) is 2.27. The minimum absolute atomic E-state index is 0.341. The average molecular weight is 211 g/mol. The van der Waals surface area contributed by atoms with Crippen molar-refractivity contribution in [3.05, 3.63) is 35.1 Å². The van der Waals surface area contributed by atoms with E-state index in [2.05, 4.69) is 5.32 Å². The van der Waals surface area contributed by atoms with E-state index >= 15 is 0 Å². The number of hydrogen-bond donors (Lipinski definition) is 2. The molecular weight excluding hydrogens is 193 g/mol. The Labute approximate surface area is 90.1 Å². The van der Waals surface area contributed by atoms with Crippen LogP contribution in [0, 0.1) is 12.7 Å². The van der Waals surface area contributed by atoms with Gasteiger partial charge in [-0.25, -0.2) is 4.39 Å². The van der Waals surface area contributed by atoms with Crippen molar-refractivity contribution in [3.8, 4) is 0 Å². The molecule has 0 saturated heterocycles. The molecule has 0 aliphatic rings. The van der Waals surface area contributed by atoms with Gasteiger partial charge in [-0.2, -0.15) is 0 Å². The Morgan fingerprint density at radius 3 is 2.87 bits per heavy atom. The highest BCUT2D eigenvalue weighted by molar-refractivity contribution is 5.26. The third-order valence-electron chi connectivity index (χ3n) is 2.27. The Balaban J connectivity index is 2.64. The Morgan fingerprint density at radius 1 is 1.47 bits per heavy atom. The van der Waals surface area contributed by atoms with Crippen LogP contribution in [0.1, 0.15) is 30.6 Å². The van der Waals surface area contributed by atoms with Gasteiger partial charge >= 0.3 is 0 Å². The molecule has 0 radical (unpaired) electrons. The van der Waals surface area contributed by atoms with Gasteiger partial charge < -0.3 is 10.4 Å². The molecule has 0 amide bonds. The van der Waals surface area contributed by atoms with Crippen molar-refractivity contribution in [2.24, 2.45) is 0 Å². The Hall–Kier alpha value is -0.930. The predicted octanol–water partition coefficient (Wildman–Crippen LogP) is 2.17. The first kappa shape index (κ1) is 12.1. The minimum Gasteiger partial charge on any atom is -0.387 e. The van der Waals surface area contributed by atoms with Gasteiger partial charge in [-0.1, -0.05) is 24.6 Å². The number of aliphatic hydroxyl groups is 1. The zero-order chi connectivity index (χ0) is 11.3.